The van der Waals surface area contributed by atoms with Gasteiger partial charge in [0.25, 0.3) is 0 Å². The van der Waals surface area contributed by atoms with Crippen molar-refractivity contribution < 1.29 is 0 Å². The number of rotatable bonds is 6. The Bertz CT molecular complexity index is 3400. The molecule has 0 saturated carbocycles. The summed E-state index contributed by atoms with van der Waals surface area (Å²) in [7, 11) is 0. The van der Waals surface area contributed by atoms with Crippen LogP contribution >= 0.6 is 22.7 Å². The lowest BCUT2D eigenvalue weighted by Gasteiger charge is -2.10. The summed E-state index contributed by atoms with van der Waals surface area (Å²) in [6.45, 7) is 0. The van der Waals surface area contributed by atoms with Crippen LogP contribution in [0.3, 0.4) is 0 Å². The standard InChI is InChI=1S/C50H28N6S2/c51-29-30-11-9-16-35(27-30)31-21-23-34(24-22-31)48-54-47(33-14-5-2-6-15-33)55-50(56-48)38-18-10-20-42-43(38)39-28-36(25-26-41(39)57-42)49-52-44(32-12-3-1-4-13-32)46-45(53-49)37-17-7-8-19-40(37)58-46/h1-28H. The molecule has 0 bridgehead atoms. The minimum atomic E-state index is 0.580. The Hall–Kier alpha value is -7.44. The fraction of sp³-hybridized carbons (Fsp3) is 0. The first-order chi connectivity index (χ1) is 28.7. The summed E-state index contributed by atoms with van der Waals surface area (Å²) < 4.78 is 4.58. The van der Waals surface area contributed by atoms with E-state index in [1.807, 2.05) is 84.9 Å². The van der Waals surface area contributed by atoms with Gasteiger partial charge in [-0.1, -0.05) is 127 Å². The van der Waals surface area contributed by atoms with Crippen LogP contribution in [0.15, 0.2) is 170 Å². The molecule has 0 amide bonds. The van der Waals surface area contributed by atoms with Crippen molar-refractivity contribution in [3.63, 3.8) is 0 Å². The van der Waals surface area contributed by atoms with Crippen molar-refractivity contribution in [3.8, 4) is 74.0 Å². The van der Waals surface area contributed by atoms with Crippen molar-refractivity contribution in [1.82, 2.24) is 24.9 Å². The van der Waals surface area contributed by atoms with Crippen molar-refractivity contribution in [2.75, 3.05) is 0 Å². The Morgan fingerprint density at radius 1 is 0.397 bits per heavy atom. The van der Waals surface area contributed by atoms with E-state index in [0.29, 0.717) is 28.9 Å². The van der Waals surface area contributed by atoms with Gasteiger partial charge in [0.2, 0.25) is 0 Å². The Labute approximate surface area is 341 Å². The minimum absolute atomic E-state index is 0.580. The molecule has 0 spiro atoms. The van der Waals surface area contributed by atoms with Gasteiger partial charge in [0.1, 0.15) is 0 Å². The van der Waals surface area contributed by atoms with Crippen LogP contribution in [-0.2, 0) is 0 Å². The van der Waals surface area contributed by atoms with Gasteiger partial charge in [0.05, 0.1) is 27.5 Å². The highest BCUT2D eigenvalue weighted by atomic mass is 32.1. The maximum Gasteiger partial charge on any atom is 0.164 e. The maximum absolute atomic E-state index is 9.45. The fourth-order valence-corrected chi connectivity index (χ4v) is 9.85. The van der Waals surface area contributed by atoms with Gasteiger partial charge in [-0.15, -0.1) is 22.7 Å². The zero-order valence-corrected chi connectivity index (χ0v) is 32.3. The average molecular weight is 777 g/mol. The number of fused-ring (bicyclic) bond motifs is 6. The number of nitrogens with zero attached hydrogens (tertiary/aromatic N) is 6. The molecular weight excluding hydrogens is 749 g/mol. The number of benzene rings is 7. The number of thiophene rings is 2. The van der Waals surface area contributed by atoms with Crippen molar-refractivity contribution in [2.45, 2.75) is 0 Å². The third-order valence-electron chi connectivity index (χ3n) is 10.4. The van der Waals surface area contributed by atoms with E-state index in [1.54, 1.807) is 22.7 Å². The van der Waals surface area contributed by atoms with Crippen LogP contribution in [0, 0.1) is 11.3 Å². The van der Waals surface area contributed by atoms with Crippen molar-refractivity contribution in [1.29, 1.82) is 5.26 Å². The molecule has 0 fully saturated rings. The summed E-state index contributed by atoms with van der Waals surface area (Å²) in [6, 6.07) is 59.8. The number of hydrogen-bond acceptors (Lipinski definition) is 8. The van der Waals surface area contributed by atoms with Crippen LogP contribution in [0.2, 0.25) is 0 Å². The number of hydrogen-bond donors (Lipinski definition) is 0. The van der Waals surface area contributed by atoms with Gasteiger partial charge in [0, 0.05) is 58.1 Å². The zero-order chi connectivity index (χ0) is 38.6. The van der Waals surface area contributed by atoms with E-state index in [2.05, 4.69) is 91.0 Å². The lowest BCUT2D eigenvalue weighted by molar-refractivity contribution is 1.08. The van der Waals surface area contributed by atoms with E-state index in [1.165, 1.54) is 4.70 Å². The van der Waals surface area contributed by atoms with E-state index in [4.69, 9.17) is 24.9 Å². The Balaban J connectivity index is 1.08. The van der Waals surface area contributed by atoms with Gasteiger partial charge in [0.15, 0.2) is 23.3 Å². The molecule has 0 aliphatic carbocycles. The topological polar surface area (TPSA) is 88.2 Å². The number of nitriles is 1. The second-order valence-electron chi connectivity index (χ2n) is 14.0. The Morgan fingerprint density at radius 2 is 1.00 bits per heavy atom. The molecule has 0 unspecified atom stereocenters. The normalized spacial score (nSPS) is 11.4. The van der Waals surface area contributed by atoms with E-state index in [0.717, 1.165) is 80.4 Å². The van der Waals surface area contributed by atoms with Crippen molar-refractivity contribution in [2.24, 2.45) is 0 Å². The molecule has 4 heterocycles. The first kappa shape index (κ1) is 33.9. The van der Waals surface area contributed by atoms with Gasteiger partial charge in [-0.3, -0.25) is 0 Å². The molecule has 7 aromatic carbocycles. The van der Waals surface area contributed by atoms with Gasteiger partial charge in [-0.05, 0) is 53.6 Å². The smallest absolute Gasteiger partial charge is 0.164 e. The van der Waals surface area contributed by atoms with E-state index in [-0.39, 0.29) is 0 Å². The van der Waals surface area contributed by atoms with E-state index < -0.39 is 0 Å². The van der Waals surface area contributed by atoms with Crippen LogP contribution in [0.1, 0.15) is 5.56 Å². The molecule has 0 N–H and O–H groups in total. The summed E-state index contributed by atoms with van der Waals surface area (Å²) in [5.41, 5.74) is 9.23. The Morgan fingerprint density at radius 3 is 1.79 bits per heavy atom. The zero-order valence-electron chi connectivity index (χ0n) is 30.7. The van der Waals surface area contributed by atoms with Crippen LogP contribution in [0.5, 0.6) is 0 Å². The molecule has 11 aromatic rings. The first-order valence-corrected chi connectivity index (χ1v) is 20.4. The fourth-order valence-electron chi connectivity index (χ4n) is 7.59. The third kappa shape index (κ3) is 5.89. The van der Waals surface area contributed by atoms with Crippen LogP contribution in [0.4, 0.5) is 0 Å². The molecule has 0 aliphatic rings. The van der Waals surface area contributed by atoms with Gasteiger partial charge in [-0.2, -0.15) is 5.26 Å². The van der Waals surface area contributed by atoms with E-state index in [9.17, 15) is 5.26 Å². The predicted octanol–water partition coefficient (Wildman–Crippen LogP) is 13.3. The van der Waals surface area contributed by atoms with Crippen LogP contribution in [0.25, 0.3) is 108 Å². The second-order valence-corrected chi connectivity index (χ2v) is 16.1. The van der Waals surface area contributed by atoms with Crippen molar-refractivity contribution >= 4 is 63.1 Å². The maximum atomic E-state index is 9.45. The molecule has 4 aromatic heterocycles. The second kappa shape index (κ2) is 13.9. The van der Waals surface area contributed by atoms with E-state index >= 15 is 0 Å². The summed E-state index contributed by atoms with van der Waals surface area (Å²) in [5, 5.41) is 12.8. The molecule has 8 heteroatoms. The van der Waals surface area contributed by atoms with Gasteiger partial charge in [-0.25, -0.2) is 24.9 Å². The third-order valence-corrected chi connectivity index (χ3v) is 12.7. The molecule has 0 radical (unpaired) electrons. The SMILES string of the molecule is N#Cc1cccc(-c2ccc(-c3nc(-c4ccccc4)nc(-c4cccc5sc6ccc(-c7nc(-c8ccccc8)c8sc9ccccc9c8n7)cc6c45)n3)cc2)c1. The molecule has 58 heavy (non-hydrogen) atoms. The average Bonchev–Trinajstić information content (AvgIpc) is 3.87. The number of aromatic nitrogens is 5. The molecular formula is C50H28N6S2. The largest absolute Gasteiger partial charge is 0.226 e. The summed E-state index contributed by atoms with van der Waals surface area (Å²) in [4.78, 5) is 25.8. The predicted molar refractivity (Wildman–Crippen MR) is 239 cm³/mol. The Kier molecular flexibility index (Phi) is 8.14. The van der Waals surface area contributed by atoms with Crippen LogP contribution < -0.4 is 0 Å². The summed E-state index contributed by atoms with van der Waals surface area (Å²) in [5.74, 6) is 2.46. The highest BCUT2D eigenvalue weighted by molar-refractivity contribution is 7.26. The molecule has 0 aliphatic heterocycles. The van der Waals surface area contributed by atoms with Gasteiger partial charge < -0.3 is 0 Å². The summed E-state index contributed by atoms with van der Waals surface area (Å²) >= 11 is 3.49. The van der Waals surface area contributed by atoms with Crippen LogP contribution in [-0.4, -0.2) is 24.9 Å². The first-order valence-electron chi connectivity index (χ1n) is 18.8. The molecule has 0 saturated heterocycles. The monoisotopic (exact) mass is 776 g/mol. The van der Waals surface area contributed by atoms with Gasteiger partial charge >= 0.3 is 0 Å². The minimum Gasteiger partial charge on any atom is -0.226 e. The molecule has 6 nitrogen and oxygen atoms in total. The summed E-state index contributed by atoms with van der Waals surface area (Å²) in [6.07, 6.45) is 0. The lowest BCUT2D eigenvalue weighted by atomic mass is 10.0. The molecule has 0 atom stereocenters. The molecule has 11 rings (SSSR count). The highest BCUT2D eigenvalue weighted by Crippen LogP contribution is 2.43. The lowest BCUT2D eigenvalue weighted by Crippen LogP contribution is -2.00. The quantitative estimate of drug-likeness (QED) is 0.167. The molecule has 270 valence electrons. The van der Waals surface area contributed by atoms with Crippen molar-refractivity contribution in [3.05, 3.63) is 175 Å². The highest BCUT2D eigenvalue weighted by Gasteiger charge is 2.20.